The highest BCUT2D eigenvalue weighted by atomic mass is 16.7. The van der Waals surface area contributed by atoms with Gasteiger partial charge in [0.15, 0.2) is 6.29 Å². The molecule has 6 atom stereocenters. The van der Waals surface area contributed by atoms with Gasteiger partial charge in [0.1, 0.15) is 0 Å². The molecule has 4 rings (SSSR count). The molecule has 0 amide bonds. The highest BCUT2D eigenvalue weighted by molar-refractivity contribution is 5.18. The van der Waals surface area contributed by atoms with Gasteiger partial charge >= 0.3 is 0 Å². The molecule has 0 saturated carbocycles. The Hall–Kier alpha value is -0.940. The maximum atomic E-state index is 10.4. The van der Waals surface area contributed by atoms with E-state index in [1.54, 1.807) is 0 Å². The zero-order valence-electron chi connectivity index (χ0n) is 12.4. The fourth-order valence-electron chi connectivity index (χ4n) is 4.45. The maximum Gasteiger partial charge on any atom is 0.162 e. The lowest BCUT2D eigenvalue weighted by atomic mass is 9.96. The van der Waals surface area contributed by atoms with Crippen LogP contribution in [-0.4, -0.2) is 47.2 Å². The van der Waals surface area contributed by atoms with E-state index in [4.69, 9.17) is 9.47 Å². The number of rotatable bonds is 4. The van der Waals surface area contributed by atoms with Gasteiger partial charge in [0.25, 0.3) is 0 Å². The van der Waals surface area contributed by atoms with E-state index in [9.17, 15) is 5.11 Å². The van der Waals surface area contributed by atoms with Crippen LogP contribution in [0.4, 0.5) is 0 Å². The molecule has 4 nitrogen and oxygen atoms in total. The average Bonchev–Trinajstić information content (AvgIpc) is 2.96. The number of fused-ring (bicyclic) bond motifs is 1. The molecule has 1 N–H and O–H groups in total. The van der Waals surface area contributed by atoms with Crippen molar-refractivity contribution in [2.45, 2.75) is 56.9 Å². The summed E-state index contributed by atoms with van der Waals surface area (Å²) in [7, 11) is 0. The van der Waals surface area contributed by atoms with Crippen LogP contribution in [0.25, 0.3) is 0 Å². The normalized spacial score (nSPS) is 41.6. The Kier molecular flexibility index (Phi) is 3.50. The molecule has 0 aliphatic carbocycles. The van der Waals surface area contributed by atoms with Crippen LogP contribution in [0.2, 0.25) is 0 Å². The number of hydrogen-bond acceptors (Lipinski definition) is 4. The first-order chi connectivity index (χ1) is 10.3. The van der Waals surface area contributed by atoms with Gasteiger partial charge < -0.3 is 14.6 Å². The molecule has 0 aromatic heterocycles. The molecule has 3 aliphatic rings. The lowest BCUT2D eigenvalue weighted by Gasteiger charge is -2.40. The van der Waals surface area contributed by atoms with Crippen molar-refractivity contribution in [3.05, 3.63) is 35.9 Å². The van der Waals surface area contributed by atoms with Gasteiger partial charge in [0.05, 0.1) is 12.2 Å². The quantitative estimate of drug-likeness (QED) is 0.917. The third kappa shape index (κ3) is 2.21. The second kappa shape index (κ2) is 5.36. The van der Waals surface area contributed by atoms with E-state index in [2.05, 4.69) is 29.2 Å². The molecule has 21 heavy (non-hydrogen) atoms. The first kappa shape index (κ1) is 13.7. The maximum absolute atomic E-state index is 10.4. The van der Waals surface area contributed by atoms with Crippen molar-refractivity contribution < 1.29 is 14.6 Å². The van der Waals surface area contributed by atoms with Gasteiger partial charge in [-0.2, -0.15) is 0 Å². The topological polar surface area (TPSA) is 41.9 Å². The third-order valence-electron chi connectivity index (χ3n) is 5.26. The Bertz CT molecular complexity index is 494. The van der Waals surface area contributed by atoms with Gasteiger partial charge in [-0.05, 0) is 18.9 Å². The van der Waals surface area contributed by atoms with Crippen molar-refractivity contribution in [3.8, 4) is 0 Å². The van der Waals surface area contributed by atoms with Crippen LogP contribution in [0.15, 0.2) is 30.3 Å². The number of aliphatic hydroxyl groups is 1. The number of benzene rings is 1. The molecule has 3 saturated heterocycles. The Morgan fingerprint density at radius 2 is 2.10 bits per heavy atom. The molecule has 1 aromatic rings. The predicted molar refractivity (Wildman–Crippen MR) is 78.6 cm³/mol. The molecule has 4 heteroatoms. The Balaban J connectivity index is 1.58. The minimum atomic E-state index is -0.275. The molecule has 114 valence electrons. The van der Waals surface area contributed by atoms with Crippen molar-refractivity contribution in [3.63, 3.8) is 0 Å². The number of aliphatic hydroxyl groups excluding tert-OH is 1. The number of piperidine rings is 1. The molecule has 0 spiro atoms. The van der Waals surface area contributed by atoms with E-state index in [0.29, 0.717) is 18.6 Å². The van der Waals surface area contributed by atoms with E-state index in [1.165, 1.54) is 5.56 Å². The van der Waals surface area contributed by atoms with Crippen molar-refractivity contribution in [2.75, 3.05) is 6.61 Å². The zero-order chi connectivity index (χ0) is 14.4. The van der Waals surface area contributed by atoms with E-state index >= 15 is 0 Å². The minimum absolute atomic E-state index is 0.0826. The summed E-state index contributed by atoms with van der Waals surface area (Å²) in [5.41, 5.74) is 1.30. The molecule has 3 heterocycles. The summed E-state index contributed by atoms with van der Waals surface area (Å²) in [6.07, 6.45) is 1.49. The first-order valence-corrected chi connectivity index (χ1v) is 8.02. The van der Waals surface area contributed by atoms with Crippen LogP contribution < -0.4 is 0 Å². The van der Waals surface area contributed by atoms with Crippen LogP contribution >= 0.6 is 0 Å². The van der Waals surface area contributed by atoms with Crippen LogP contribution in [0.3, 0.4) is 0 Å². The molecular weight excluding hydrogens is 266 g/mol. The molecular formula is C17H23NO3. The summed E-state index contributed by atoms with van der Waals surface area (Å²) < 4.78 is 11.8. The highest BCUT2D eigenvalue weighted by Crippen LogP contribution is 2.49. The van der Waals surface area contributed by atoms with Gasteiger partial charge in [-0.3, -0.25) is 4.90 Å². The molecule has 3 aliphatic heterocycles. The number of ether oxygens (including phenoxy) is 2. The summed E-state index contributed by atoms with van der Waals surface area (Å²) in [5.74, 6) is 0.404. The summed E-state index contributed by atoms with van der Waals surface area (Å²) in [5, 5.41) is 10.4. The lowest BCUT2D eigenvalue weighted by Crippen LogP contribution is -2.53. The van der Waals surface area contributed by atoms with Crippen molar-refractivity contribution >= 4 is 0 Å². The smallest absolute Gasteiger partial charge is 0.162 e. The monoisotopic (exact) mass is 289 g/mol. The molecule has 2 bridgehead atoms. The zero-order valence-corrected chi connectivity index (χ0v) is 12.4. The summed E-state index contributed by atoms with van der Waals surface area (Å²) >= 11 is 0. The Morgan fingerprint density at radius 1 is 1.29 bits per heavy atom. The van der Waals surface area contributed by atoms with Gasteiger partial charge in [-0.25, -0.2) is 0 Å². The average molecular weight is 289 g/mol. The minimum Gasteiger partial charge on any atom is -0.391 e. The van der Waals surface area contributed by atoms with Crippen molar-refractivity contribution in [1.82, 2.24) is 4.90 Å². The molecule has 1 unspecified atom stereocenters. The summed E-state index contributed by atoms with van der Waals surface area (Å²) in [4.78, 5) is 2.46. The van der Waals surface area contributed by atoms with Gasteiger partial charge in [0, 0.05) is 37.6 Å². The molecule has 3 fully saturated rings. The second-order valence-corrected chi connectivity index (χ2v) is 6.42. The van der Waals surface area contributed by atoms with Gasteiger partial charge in [-0.15, -0.1) is 0 Å². The van der Waals surface area contributed by atoms with E-state index in [1.807, 2.05) is 13.0 Å². The predicted octanol–water partition coefficient (Wildman–Crippen LogP) is 1.77. The fourth-order valence-corrected chi connectivity index (χ4v) is 4.45. The Morgan fingerprint density at radius 3 is 2.86 bits per heavy atom. The van der Waals surface area contributed by atoms with Crippen LogP contribution in [0.5, 0.6) is 0 Å². The van der Waals surface area contributed by atoms with E-state index in [0.717, 1.165) is 19.4 Å². The fraction of sp³-hybridized carbons (Fsp3) is 0.647. The SMILES string of the molecule is CCO[C@@H]1OC2C[C@@H](O)[C@H]3C[C@@H]1[C@@H]2N3Cc1ccccc1. The second-order valence-electron chi connectivity index (χ2n) is 6.42. The van der Waals surface area contributed by atoms with E-state index < -0.39 is 0 Å². The number of hydrogen-bond donors (Lipinski definition) is 1. The first-order valence-electron chi connectivity index (χ1n) is 8.02. The number of nitrogens with zero attached hydrogens (tertiary/aromatic N) is 1. The summed E-state index contributed by atoms with van der Waals surface area (Å²) in [6.45, 7) is 3.59. The van der Waals surface area contributed by atoms with E-state index in [-0.39, 0.29) is 24.5 Å². The lowest BCUT2D eigenvalue weighted by molar-refractivity contribution is -0.170. The Labute approximate surface area is 125 Å². The van der Waals surface area contributed by atoms with Crippen molar-refractivity contribution in [2.24, 2.45) is 5.92 Å². The van der Waals surface area contributed by atoms with Crippen molar-refractivity contribution in [1.29, 1.82) is 0 Å². The molecule has 0 radical (unpaired) electrons. The largest absolute Gasteiger partial charge is 0.391 e. The van der Waals surface area contributed by atoms with Gasteiger partial charge in [-0.1, -0.05) is 30.3 Å². The van der Waals surface area contributed by atoms with Crippen LogP contribution in [0.1, 0.15) is 25.3 Å². The highest BCUT2D eigenvalue weighted by Gasteiger charge is 2.59. The van der Waals surface area contributed by atoms with Gasteiger partial charge in [0.2, 0.25) is 0 Å². The third-order valence-corrected chi connectivity index (χ3v) is 5.26. The van der Waals surface area contributed by atoms with Crippen LogP contribution in [-0.2, 0) is 16.0 Å². The van der Waals surface area contributed by atoms with Crippen LogP contribution in [0, 0.1) is 5.92 Å². The summed E-state index contributed by atoms with van der Waals surface area (Å²) in [6, 6.07) is 11.2. The molecule has 1 aromatic carbocycles. The standard InChI is InChI=1S/C17H23NO3/c1-2-20-17-12-8-13-14(19)9-15(21-17)16(12)18(13)10-11-6-4-3-5-7-11/h3-7,12-17,19H,2,8-10H2,1H3/t12-,13-,14-,15?,16+,17-/m1/s1.